The fourth-order valence-corrected chi connectivity index (χ4v) is 4.15. The summed E-state index contributed by atoms with van der Waals surface area (Å²) < 4.78 is 39.7. The predicted molar refractivity (Wildman–Crippen MR) is 134 cm³/mol. The van der Waals surface area contributed by atoms with Crippen LogP contribution in [-0.4, -0.2) is 20.4 Å². The fraction of sp³-hybridized carbons (Fsp3) is 0.107. The molecule has 0 aliphatic heterocycles. The van der Waals surface area contributed by atoms with Gasteiger partial charge in [0, 0.05) is 36.1 Å². The molecule has 186 valence electrons. The molecular formula is C28H21F3N4O2. The van der Waals surface area contributed by atoms with Crippen LogP contribution in [0.2, 0.25) is 0 Å². The molecule has 2 N–H and O–H groups in total. The third-order valence-electron chi connectivity index (χ3n) is 6.04. The highest BCUT2D eigenvalue weighted by Crippen LogP contribution is 2.29. The molecule has 2 aromatic carbocycles. The molecule has 0 radical (unpaired) electrons. The van der Waals surface area contributed by atoms with E-state index < -0.39 is 23.2 Å². The summed E-state index contributed by atoms with van der Waals surface area (Å²) in [7, 11) is 0. The molecule has 0 aliphatic rings. The maximum absolute atomic E-state index is 12.9. The number of alkyl halides is 3. The zero-order chi connectivity index (χ0) is 26.0. The van der Waals surface area contributed by atoms with Gasteiger partial charge in [0.05, 0.1) is 12.1 Å². The number of amides is 1. The summed E-state index contributed by atoms with van der Waals surface area (Å²) in [6.07, 6.45) is 0.671. The molecule has 0 saturated carbocycles. The number of nitrogens with one attached hydrogen (secondary N) is 2. The summed E-state index contributed by atoms with van der Waals surface area (Å²) in [5.41, 5.74) is 2.76. The second-order valence-corrected chi connectivity index (χ2v) is 8.53. The largest absolute Gasteiger partial charge is 0.416 e. The molecule has 5 rings (SSSR count). The Bertz CT molecular complexity index is 1640. The van der Waals surface area contributed by atoms with E-state index in [1.54, 1.807) is 12.3 Å². The average molecular weight is 502 g/mol. The number of hydrogen-bond acceptors (Lipinski definition) is 3. The molecule has 0 bridgehead atoms. The highest BCUT2D eigenvalue weighted by Gasteiger charge is 2.29. The molecular weight excluding hydrogens is 481 g/mol. The van der Waals surface area contributed by atoms with E-state index in [-0.39, 0.29) is 18.7 Å². The number of halogens is 3. The molecule has 0 saturated heterocycles. The first-order valence-corrected chi connectivity index (χ1v) is 11.4. The number of carbonyl (C=O) groups is 1. The van der Waals surface area contributed by atoms with Crippen molar-refractivity contribution in [3.05, 3.63) is 124 Å². The van der Waals surface area contributed by atoms with Crippen molar-refractivity contribution < 1.29 is 18.0 Å². The number of pyridine rings is 2. The van der Waals surface area contributed by atoms with Gasteiger partial charge in [-0.15, -0.1) is 0 Å². The van der Waals surface area contributed by atoms with E-state index in [1.807, 2.05) is 42.6 Å². The molecule has 9 heteroatoms. The molecule has 3 aromatic heterocycles. The zero-order valence-electron chi connectivity index (χ0n) is 19.4. The highest BCUT2D eigenvalue weighted by molar-refractivity contribution is 5.94. The van der Waals surface area contributed by atoms with E-state index in [1.165, 1.54) is 29.0 Å². The molecule has 1 amide bonds. The number of fused-ring (bicyclic) bond motifs is 1. The maximum atomic E-state index is 12.9. The van der Waals surface area contributed by atoms with Crippen molar-refractivity contribution >= 4 is 16.9 Å². The molecule has 0 aliphatic carbocycles. The van der Waals surface area contributed by atoms with E-state index in [9.17, 15) is 22.8 Å². The predicted octanol–water partition coefficient (Wildman–Crippen LogP) is 5.39. The third-order valence-corrected chi connectivity index (χ3v) is 6.04. The van der Waals surface area contributed by atoms with Gasteiger partial charge in [0.2, 0.25) is 0 Å². The van der Waals surface area contributed by atoms with E-state index in [0.717, 1.165) is 39.9 Å². The van der Waals surface area contributed by atoms with Crippen LogP contribution in [0.1, 0.15) is 27.0 Å². The van der Waals surface area contributed by atoms with Gasteiger partial charge in [-0.2, -0.15) is 13.2 Å². The monoisotopic (exact) mass is 502 g/mol. The maximum Gasteiger partial charge on any atom is 0.416 e. The van der Waals surface area contributed by atoms with Gasteiger partial charge in [-0.1, -0.05) is 30.3 Å². The van der Waals surface area contributed by atoms with Crippen molar-refractivity contribution in [2.75, 3.05) is 0 Å². The molecule has 37 heavy (non-hydrogen) atoms. The Balaban J connectivity index is 1.29. The van der Waals surface area contributed by atoms with Crippen LogP contribution < -0.4 is 10.9 Å². The molecule has 0 fully saturated rings. The van der Waals surface area contributed by atoms with Gasteiger partial charge in [0.1, 0.15) is 11.2 Å². The van der Waals surface area contributed by atoms with Crippen LogP contribution in [0.15, 0.2) is 96.2 Å². The number of rotatable bonds is 6. The number of aromatic amines is 1. The van der Waals surface area contributed by atoms with Crippen LogP contribution in [0.5, 0.6) is 0 Å². The lowest BCUT2D eigenvalue weighted by molar-refractivity contribution is -0.137. The lowest BCUT2D eigenvalue weighted by Crippen LogP contribution is -2.32. The van der Waals surface area contributed by atoms with E-state index in [2.05, 4.69) is 15.3 Å². The Hall–Kier alpha value is -4.66. The lowest BCUT2D eigenvalue weighted by Gasteiger charge is -2.11. The summed E-state index contributed by atoms with van der Waals surface area (Å²) in [6, 6.07) is 19.1. The summed E-state index contributed by atoms with van der Waals surface area (Å²) >= 11 is 0. The van der Waals surface area contributed by atoms with Crippen LogP contribution in [0.3, 0.4) is 0 Å². The number of hydrogen-bond donors (Lipinski definition) is 2. The van der Waals surface area contributed by atoms with Crippen molar-refractivity contribution in [2.24, 2.45) is 0 Å². The summed E-state index contributed by atoms with van der Waals surface area (Å²) in [5.74, 6) is -0.534. The van der Waals surface area contributed by atoms with Crippen LogP contribution in [0.4, 0.5) is 13.2 Å². The molecule has 6 nitrogen and oxygen atoms in total. The normalized spacial score (nSPS) is 11.5. The minimum absolute atomic E-state index is 0.0413. The summed E-state index contributed by atoms with van der Waals surface area (Å²) in [4.78, 5) is 33.2. The lowest BCUT2D eigenvalue weighted by atomic mass is 10.0. The number of H-pyrrole nitrogens is 1. The summed E-state index contributed by atoms with van der Waals surface area (Å²) in [5, 5.41) is 3.77. The van der Waals surface area contributed by atoms with E-state index in [4.69, 9.17) is 0 Å². The van der Waals surface area contributed by atoms with Crippen LogP contribution in [-0.2, 0) is 19.3 Å². The van der Waals surface area contributed by atoms with Gasteiger partial charge >= 0.3 is 6.18 Å². The topological polar surface area (TPSA) is 79.8 Å². The first-order chi connectivity index (χ1) is 17.8. The number of aromatic nitrogens is 3. The summed E-state index contributed by atoms with van der Waals surface area (Å²) in [6.45, 7) is 0.250. The first-order valence-electron chi connectivity index (χ1n) is 11.4. The Labute approximate surface area is 209 Å². The van der Waals surface area contributed by atoms with Crippen molar-refractivity contribution in [2.45, 2.75) is 19.3 Å². The van der Waals surface area contributed by atoms with E-state index >= 15 is 0 Å². The van der Waals surface area contributed by atoms with Crippen molar-refractivity contribution in [3.8, 4) is 11.1 Å². The molecule has 5 aromatic rings. The number of benzene rings is 2. The van der Waals surface area contributed by atoms with E-state index in [0.29, 0.717) is 5.56 Å². The SMILES string of the molecule is O=C(NCc1cccc(-c2c[nH]c3ncccc23)c1)c1cccn(Cc2ccc(C(F)(F)F)cc2)c1=O. The third kappa shape index (κ3) is 5.16. The highest BCUT2D eigenvalue weighted by atomic mass is 19.4. The van der Waals surface area contributed by atoms with Gasteiger partial charge < -0.3 is 14.9 Å². The molecule has 0 spiro atoms. The molecule has 0 unspecified atom stereocenters. The second kappa shape index (κ2) is 9.77. The number of carbonyl (C=O) groups excluding carboxylic acids is 1. The zero-order valence-corrected chi connectivity index (χ0v) is 19.4. The Kier molecular flexibility index (Phi) is 6.35. The standard InChI is InChI=1S/C28H21F3N4O2/c29-28(30,31)21-10-8-18(9-11-21)17-35-13-3-7-23(27(35)37)26(36)34-15-19-4-1-5-20(14-19)24-16-33-25-22(24)6-2-12-32-25/h1-14,16H,15,17H2,(H,32,33)(H,34,36). The van der Waals surface area contributed by atoms with Gasteiger partial charge in [0.25, 0.3) is 11.5 Å². The Morgan fingerprint density at radius 2 is 1.78 bits per heavy atom. The van der Waals surface area contributed by atoms with Crippen LogP contribution in [0.25, 0.3) is 22.2 Å². The minimum atomic E-state index is -4.43. The van der Waals surface area contributed by atoms with Crippen LogP contribution >= 0.6 is 0 Å². The first kappa shape index (κ1) is 24.1. The number of nitrogens with zero attached hydrogens (tertiary/aromatic N) is 2. The quantitative estimate of drug-likeness (QED) is 0.327. The smallest absolute Gasteiger partial charge is 0.348 e. The van der Waals surface area contributed by atoms with Gasteiger partial charge in [-0.05, 0) is 59.2 Å². The van der Waals surface area contributed by atoms with Gasteiger partial charge in [-0.25, -0.2) is 4.98 Å². The fourth-order valence-electron chi connectivity index (χ4n) is 4.15. The van der Waals surface area contributed by atoms with Crippen molar-refractivity contribution in [1.29, 1.82) is 0 Å². The Morgan fingerprint density at radius 1 is 0.973 bits per heavy atom. The van der Waals surface area contributed by atoms with Gasteiger partial charge in [0.15, 0.2) is 0 Å². The molecule has 3 heterocycles. The Morgan fingerprint density at radius 3 is 2.57 bits per heavy atom. The van der Waals surface area contributed by atoms with Crippen molar-refractivity contribution in [1.82, 2.24) is 19.9 Å². The van der Waals surface area contributed by atoms with Crippen molar-refractivity contribution in [3.63, 3.8) is 0 Å². The average Bonchev–Trinajstić information content (AvgIpc) is 3.33. The van der Waals surface area contributed by atoms with Gasteiger partial charge in [-0.3, -0.25) is 9.59 Å². The minimum Gasteiger partial charge on any atom is -0.348 e. The van der Waals surface area contributed by atoms with Crippen LogP contribution in [0, 0.1) is 0 Å². The molecule has 0 atom stereocenters. The second-order valence-electron chi connectivity index (χ2n) is 8.53.